The van der Waals surface area contributed by atoms with E-state index < -0.39 is 6.36 Å². The molecule has 0 aliphatic rings. The third-order valence-corrected chi connectivity index (χ3v) is 2.91. The number of benzene rings is 2. The topological polar surface area (TPSA) is 35.2 Å². The average molecular weight is 318 g/mol. The maximum absolute atomic E-state index is 12.1. The van der Waals surface area contributed by atoms with Gasteiger partial charge in [-0.25, -0.2) is 0 Å². The molecule has 0 aliphatic carbocycles. The first-order chi connectivity index (χ1) is 9.35. The Balaban J connectivity index is 0.00000220. The van der Waals surface area contributed by atoms with Crippen LogP contribution in [0, 0.1) is 6.92 Å². The number of nitrogens with two attached hydrogens (primary N) is 1. The van der Waals surface area contributed by atoms with E-state index in [1.807, 2.05) is 31.2 Å². The lowest BCUT2D eigenvalue weighted by molar-refractivity contribution is -0.274. The number of ether oxygens (including phenoxy) is 1. The van der Waals surface area contributed by atoms with Gasteiger partial charge in [0.05, 0.1) is 6.04 Å². The summed E-state index contributed by atoms with van der Waals surface area (Å²) in [7, 11) is 0. The quantitative estimate of drug-likeness (QED) is 0.912. The van der Waals surface area contributed by atoms with Gasteiger partial charge in [-0.1, -0.05) is 42.0 Å². The lowest BCUT2D eigenvalue weighted by Crippen LogP contribution is -2.17. The molecule has 0 bridgehead atoms. The molecule has 2 aromatic rings. The molecule has 21 heavy (non-hydrogen) atoms. The second-order valence-electron chi connectivity index (χ2n) is 4.51. The van der Waals surface area contributed by atoms with Crippen LogP contribution in [0.25, 0.3) is 0 Å². The molecule has 0 spiro atoms. The maximum atomic E-state index is 12.1. The van der Waals surface area contributed by atoms with Gasteiger partial charge in [-0.15, -0.1) is 25.6 Å². The predicted molar refractivity (Wildman–Crippen MR) is 77.6 cm³/mol. The third kappa shape index (κ3) is 4.95. The van der Waals surface area contributed by atoms with Gasteiger partial charge >= 0.3 is 6.36 Å². The van der Waals surface area contributed by atoms with Crippen molar-refractivity contribution in [3.05, 3.63) is 65.2 Å². The molecular weight excluding hydrogens is 303 g/mol. The van der Waals surface area contributed by atoms with Crippen LogP contribution in [0.15, 0.2) is 48.5 Å². The Morgan fingerprint density at radius 2 is 1.33 bits per heavy atom. The van der Waals surface area contributed by atoms with Gasteiger partial charge < -0.3 is 10.5 Å². The summed E-state index contributed by atoms with van der Waals surface area (Å²) in [6.07, 6.45) is -4.68. The smallest absolute Gasteiger partial charge is 0.406 e. The minimum Gasteiger partial charge on any atom is -0.406 e. The highest BCUT2D eigenvalue weighted by Gasteiger charge is 2.31. The van der Waals surface area contributed by atoms with Crippen molar-refractivity contribution in [2.24, 2.45) is 5.73 Å². The summed E-state index contributed by atoms with van der Waals surface area (Å²) >= 11 is 0. The summed E-state index contributed by atoms with van der Waals surface area (Å²) in [5.74, 6) is -0.252. The zero-order chi connectivity index (χ0) is 14.8. The minimum atomic E-state index is -4.68. The minimum absolute atomic E-state index is 0. The van der Waals surface area contributed by atoms with Gasteiger partial charge in [-0.05, 0) is 30.2 Å². The van der Waals surface area contributed by atoms with E-state index in [2.05, 4.69) is 4.74 Å². The van der Waals surface area contributed by atoms with Gasteiger partial charge in [-0.3, -0.25) is 0 Å². The molecular formula is C15H15ClF3NO. The van der Waals surface area contributed by atoms with Gasteiger partial charge in [0, 0.05) is 0 Å². The number of rotatable bonds is 3. The molecule has 0 aliphatic heterocycles. The molecule has 2 rings (SSSR count). The van der Waals surface area contributed by atoms with E-state index in [9.17, 15) is 13.2 Å². The summed E-state index contributed by atoms with van der Waals surface area (Å²) in [5.41, 5.74) is 8.83. The van der Waals surface area contributed by atoms with E-state index in [-0.39, 0.29) is 24.2 Å². The summed E-state index contributed by atoms with van der Waals surface area (Å²) < 4.78 is 40.0. The molecule has 0 aromatic heterocycles. The molecule has 0 amide bonds. The molecule has 0 heterocycles. The molecule has 1 atom stereocenters. The van der Waals surface area contributed by atoms with Crippen LogP contribution in [0.2, 0.25) is 0 Å². The van der Waals surface area contributed by atoms with Crippen molar-refractivity contribution in [2.45, 2.75) is 19.3 Å². The number of hydrogen-bond donors (Lipinski definition) is 1. The first-order valence-electron chi connectivity index (χ1n) is 6.03. The van der Waals surface area contributed by atoms with Gasteiger partial charge in [0.25, 0.3) is 0 Å². The molecule has 114 valence electrons. The molecule has 0 unspecified atom stereocenters. The first-order valence-corrected chi connectivity index (χ1v) is 6.03. The van der Waals surface area contributed by atoms with E-state index in [0.717, 1.165) is 16.7 Å². The highest BCUT2D eigenvalue weighted by Crippen LogP contribution is 2.26. The second kappa shape index (κ2) is 6.83. The Kier molecular flexibility index (Phi) is 5.63. The summed E-state index contributed by atoms with van der Waals surface area (Å²) in [6.45, 7) is 1.97. The number of halogens is 4. The van der Waals surface area contributed by atoms with Crippen molar-refractivity contribution in [3.8, 4) is 5.75 Å². The molecule has 0 saturated heterocycles. The van der Waals surface area contributed by atoms with Crippen LogP contribution >= 0.6 is 12.4 Å². The molecule has 6 heteroatoms. The highest BCUT2D eigenvalue weighted by molar-refractivity contribution is 5.85. The lowest BCUT2D eigenvalue weighted by Gasteiger charge is -2.14. The lowest BCUT2D eigenvalue weighted by atomic mass is 9.99. The van der Waals surface area contributed by atoms with Crippen LogP contribution in [-0.2, 0) is 0 Å². The van der Waals surface area contributed by atoms with Crippen molar-refractivity contribution in [1.29, 1.82) is 0 Å². The van der Waals surface area contributed by atoms with Crippen LogP contribution in [0.5, 0.6) is 5.75 Å². The van der Waals surface area contributed by atoms with Crippen molar-refractivity contribution < 1.29 is 17.9 Å². The molecule has 0 radical (unpaired) electrons. The Labute approximate surface area is 127 Å². The van der Waals surface area contributed by atoms with E-state index in [0.29, 0.717) is 0 Å². The summed E-state index contributed by atoms with van der Waals surface area (Å²) in [4.78, 5) is 0. The van der Waals surface area contributed by atoms with Gasteiger partial charge in [-0.2, -0.15) is 0 Å². The number of alkyl halides is 3. The normalized spacial score (nSPS) is 12.4. The zero-order valence-corrected chi connectivity index (χ0v) is 12.0. The highest BCUT2D eigenvalue weighted by atomic mass is 35.5. The van der Waals surface area contributed by atoms with Crippen LogP contribution in [0.3, 0.4) is 0 Å². The molecule has 2 aromatic carbocycles. The van der Waals surface area contributed by atoms with Crippen LogP contribution < -0.4 is 10.5 Å². The van der Waals surface area contributed by atoms with E-state index >= 15 is 0 Å². The fourth-order valence-corrected chi connectivity index (χ4v) is 1.84. The zero-order valence-electron chi connectivity index (χ0n) is 11.2. The van der Waals surface area contributed by atoms with Crippen LogP contribution in [-0.4, -0.2) is 6.36 Å². The van der Waals surface area contributed by atoms with Gasteiger partial charge in [0.15, 0.2) is 0 Å². The van der Waals surface area contributed by atoms with Crippen LogP contribution in [0.4, 0.5) is 13.2 Å². The largest absolute Gasteiger partial charge is 0.573 e. The summed E-state index contributed by atoms with van der Waals surface area (Å²) in [6, 6.07) is 12.9. The summed E-state index contributed by atoms with van der Waals surface area (Å²) in [5, 5.41) is 0. The van der Waals surface area contributed by atoms with Crippen molar-refractivity contribution in [1.82, 2.24) is 0 Å². The van der Waals surface area contributed by atoms with E-state index in [4.69, 9.17) is 5.73 Å². The van der Waals surface area contributed by atoms with Crippen molar-refractivity contribution in [3.63, 3.8) is 0 Å². The van der Waals surface area contributed by atoms with E-state index in [1.165, 1.54) is 24.3 Å². The SMILES string of the molecule is Cc1ccc([C@H](N)c2ccc(OC(F)(F)F)cc2)cc1.Cl. The molecule has 0 saturated carbocycles. The van der Waals surface area contributed by atoms with Crippen molar-refractivity contribution in [2.75, 3.05) is 0 Å². The maximum Gasteiger partial charge on any atom is 0.573 e. The first kappa shape index (κ1) is 17.3. The monoisotopic (exact) mass is 317 g/mol. The second-order valence-corrected chi connectivity index (χ2v) is 4.51. The predicted octanol–water partition coefficient (Wildman–Crippen LogP) is 4.36. The fourth-order valence-electron chi connectivity index (χ4n) is 1.84. The standard InChI is InChI=1S/C15H14F3NO.ClH/c1-10-2-4-11(5-3-10)14(19)12-6-8-13(9-7-12)20-15(16,17)18;/h2-9,14H,19H2,1H3;1H/t14-;/m0./s1. The van der Waals surface area contributed by atoms with Gasteiger partial charge in [0.2, 0.25) is 0 Å². The average Bonchev–Trinajstić information content (AvgIpc) is 2.38. The Hall–Kier alpha value is -1.72. The Morgan fingerprint density at radius 3 is 1.76 bits per heavy atom. The molecule has 0 fully saturated rings. The Morgan fingerprint density at radius 1 is 0.905 bits per heavy atom. The number of aryl methyl sites for hydroxylation is 1. The molecule has 2 nitrogen and oxygen atoms in total. The molecule has 2 N–H and O–H groups in total. The van der Waals surface area contributed by atoms with Crippen LogP contribution in [0.1, 0.15) is 22.7 Å². The third-order valence-electron chi connectivity index (χ3n) is 2.91. The van der Waals surface area contributed by atoms with E-state index in [1.54, 1.807) is 0 Å². The Bertz CT molecular complexity index is 567. The number of hydrogen-bond acceptors (Lipinski definition) is 2. The fraction of sp³-hybridized carbons (Fsp3) is 0.200. The van der Waals surface area contributed by atoms with Gasteiger partial charge in [0.1, 0.15) is 5.75 Å². The van der Waals surface area contributed by atoms with Crippen molar-refractivity contribution >= 4 is 12.4 Å².